The number of pyridine rings is 1. The van der Waals surface area contributed by atoms with E-state index in [0.29, 0.717) is 18.0 Å². The topological polar surface area (TPSA) is 103 Å². The van der Waals surface area contributed by atoms with Gasteiger partial charge in [-0.05, 0) is 36.8 Å². The van der Waals surface area contributed by atoms with Crippen LogP contribution in [0.25, 0.3) is 11.2 Å². The number of piperidine rings is 1. The van der Waals surface area contributed by atoms with Gasteiger partial charge in [0.25, 0.3) is 0 Å². The van der Waals surface area contributed by atoms with Crippen molar-refractivity contribution in [2.75, 3.05) is 36.0 Å². The van der Waals surface area contributed by atoms with E-state index in [9.17, 15) is 4.79 Å². The molecule has 2 N–H and O–H groups in total. The van der Waals surface area contributed by atoms with E-state index in [0.717, 1.165) is 74.0 Å². The quantitative estimate of drug-likeness (QED) is 0.659. The SMILES string of the molecule is CC1CCN(c2n[nH]c3nc(N4CCC5(CC4)CNC(=O)C5)cnc23)c2cccnc21. The minimum Gasteiger partial charge on any atom is -0.356 e. The molecule has 3 aliphatic heterocycles. The predicted molar refractivity (Wildman–Crippen MR) is 117 cm³/mol. The van der Waals surface area contributed by atoms with E-state index in [1.54, 1.807) is 0 Å². The first-order valence-electron chi connectivity index (χ1n) is 11.1. The van der Waals surface area contributed by atoms with Gasteiger partial charge in [-0.15, -0.1) is 0 Å². The number of hydrogen-bond donors (Lipinski definition) is 2. The van der Waals surface area contributed by atoms with Gasteiger partial charge >= 0.3 is 0 Å². The van der Waals surface area contributed by atoms with E-state index in [1.165, 1.54) is 0 Å². The van der Waals surface area contributed by atoms with Crippen LogP contribution < -0.4 is 15.1 Å². The highest BCUT2D eigenvalue weighted by atomic mass is 16.1. The van der Waals surface area contributed by atoms with E-state index in [1.807, 2.05) is 18.5 Å². The van der Waals surface area contributed by atoms with Crippen molar-refractivity contribution < 1.29 is 4.79 Å². The van der Waals surface area contributed by atoms with Crippen LogP contribution in [0.3, 0.4) is 0 Å². The number of aromatic amines is 1. The number of carbonyl (C=O) groups is 1. The molecule has 0 radical (unpaired) electrons. The molecule has 3 aliphatic rings. The first-order valence-corrected chi connectivity index (χ1v) is 11.1. The summed E-state index contributed by atoms with van der Waals surface area (Å²) in [7, 11) is 0. The summed E-state index contributed by atoms with van der Waals surface area (Å²) >= 11 is 0. The van der Waals surface area contributed by atoms with Crippen molar-refractivity contribution in [1.29, 1.82) is 0 Å². The number of nitrogens with zero attached hydrogens (tertiary/aromatic N) is 6. The molecule has 9 nitrogen and oxygen atoms in total. The predicted octanol–water partition coefficient (Wildman–Crippen LogP) is 2.50. The normalized spacial score (nSPS) is 22.7. The number of anilines is 3. The molecule has 6 rings (SSSR count). The van der Waals surface area contributed by atoms with Gasteiger partial charge in [0.05, 0.1) is 17.6 Å². The lowest BCUT2D eigenvalue weighted by Gasteiger charge is -2.38. The Balaban J connectivity index is 1.26. The lowest BCUT2D eigenvalue weighted by atomic mass is 9.78. The number of nitrogens with one attached hydrogen (secondary N) is 2. The molecule has 1 unspecified atom stereocenters. The third-order valence-electron chi connectivity index (χ3n) is 7.20. The lowest BCUT2D eigenvalue weighted by molar-refractivity contribution is -0.119. The Morgan fingerprint density at radius 3 is 2.87 bits per heavy atom. The van der Waals surface area contributed by atoms with Gasteiger partial charge in [-0.1, -0.05) is 6.92 Å². The molecule has 1 spiro atoms. The Hall–Kier alpha value is -3.23. The molecule has 3 aromatic rings. The summed E-state index contributed by atoms with van der Waals surface area (Å²) in [5.41, 5.74) is 3.82. The third kappa shape index (κ3) is 3.02. The van der Waals surface area contributed by atoms with Gasteiger partial charge < -0.3 is 15.1 Å². The number of amides is 1. The van der Waals surface area contributed by atoms with E-state index >= 15 is 0 Å². The standard InChI is InChI=1S/C22H26N8O/c1-14-4-8-30(15-3-2-7-23-18(14)15)21-19-20(27-28-21)26-16(12-24-19)29-9-5-22(6-10-29)11-17(31)25-13-22/h2-3,7,12,14H,4-6,8-11,13H2,1H3,(H,25,31)(H,26,27,28). The van der Waals surface area contributed by atoms with E-state index in [-0.39, 0.29) is 11.3 Å². The Bertz CT molecular complexity index is 1150. The van der Waals surface area contributed by atoms with Gasteiger partial charge in [-0.3, -0.25) is 14.9 Å². The number of carbonyl (C=O) groups excluding carboxylic acids is 1. The van der Waals surface area contributed by atoms with Crippen molar-refractivity contribution in [1.82, 2.24) is 30.5 Å². The van der Waals surface area contributed by atoms with Crippen LogP contribution in [0.4, 0.5) is 17.3 Å². The average Bonchev–Trinajstić information content (AvgIpc) is 3.38. The van der Waals surface area contributed by atoms with Crippen LogP contribution in [0.1, 0.15) is 44.2 Å². The summed E-state index contributed by atoms with van der Waals surface area (Å²) in [6.07, 6.45) is 7.38. The molecular weight excluding hydrogens is 392 g/mol. The highest BCUT2D eigenvalue weighted by molar-refractivity contribution is 5.87. The minimum atomic E-state index is 0.124. The summed E-state index contributed by atoms with van der Waals surface area (Å²) < 4.78 is 0. The summed E-state index contributed by atoms with van der Waals surface area (Å²) in [6, 6.07) is 4.07. The first-order chi connectivity index (χ1) is 15.1. The van der Waals surface area contributed by atoms with E-state index in [2.05, 4.69) is 43.3 Å². The monoisotopic (exact) mass is 418 g/mol. The van der Waals surface area contributed by atoms with Gasteiger partial charge in [0.15, 0.2) is 17.0 Å². The maximum Gasteiger partial charge on any atom is 0.220 e. The molecule has 2 fully saturated rings. The zero-order chi connectivity index (χ0) is 21.0. The minimum absolute atomic E-state index is 0.124. The molecule has 6 heterocycles. The van der Waals surface area contributed by atoms with Crippen LogP contribution in [0, 0.1) is 5.41 Å². The van der Waals surface area contributed by atoms with Crippen LogP contribution in [0.2, 0.25) is 0 Å². The van der Waals surface area contributed by atoms with E-state index < -0.39 is 0 Å². The molecular formula is C22H26N8O. The molecule has 9 heteroatoms. The second-order valence-electron chi connectivity index (χ2n) is 9.16. The molecule has 0 saturated carbocycles. The number of rotatable bonds is 2. The molecule has 0 aromatic carbocycles. The maximum absolute atomic E-state index is 11.7. The number of H-pyrrole nitrogens is 1. The fourth-order valence-electron chi connectivity index (χ4n) is 5.25. The summed E-state index contributed by atoms with van der Waals surface area (Å²) in [4.78, 5) is 30.3. The summed E-state index contributed by atoms with van der Waals surface area (Å²) in [6.45, 7) is 5.68. The Labute approximate surface area is 180 Å². The molecule has 0 aliphatic carbocycles. The highest BCUT2D eigenvalue weighted by Crippen LogP contribution is 2.40. The molecule has 160 valence electrons. The fourth-order valence-corrected chi connectivity index (χ4v) is 5.25. The van der Waals surface area contributed by atoms with Gasteiger partial charge in [-0.25, -0.2) is 9.97 Å². The number of fused-ring (bicyclic) bond motifs is 2. The summed E-state index contributed by atoms with van der Waals surface area (Å²) in [5, 5.41) is 10.7. The van der Waals surface area contributed by atoms with E-state index in [4.69, 9.17) is 9.97 Å². The highest BCUT2D eigenvalue weighted by Gasteiger charge is 2.41. The van der Waals surface area contributed by atoms with Crippen molar-refractivity contribution in [2.24, 2.45) is 5.41 Å². The second-order valence-corrected chi connectivity index (χ2v) is 9.16. The van der Waals surface area contributed by atoms with Gasteiger partial charge in [0.2, 0.25) is 5.91 Å². The zero-order valence-electron chi connectivity index (χ0n) is 17.6. The first kappa shape index (κ1) is 18.5. The van der Waals surface area contributed by atoms with Crippen LogP contribution in [-0.2, 0) is 4.79 Å². The van der Waals surface area contributed by atoms with Crippen molar-refractivity contribution in [3.8, 4) is 0 Å². The van der Waals surface area contributed by atoms with Crippen molar-refractivity contribution in [3.05, 3.63) is 30.2 Å². The Morgan fingerprint density at radius 2 is 2.06 bits per heavy atom. The average molecular weight is 419 g/mol. The molecule has 1 amide bonds. The van der Waals surface area contributed by atoms with Crippen LogP contribution in [-0.4, -0.2) is 57.2 Å². The van der Waals surface area contributed by atoms with Crippen LogP contribution in [0.5, 0.6) is 0 Å². The molecule has 3 aromatic heterocycles. The molecule has 0 bridgehead atoms. The smallest absolute Gasteiger partial charge is 0.220 e. The summed E-state index contributed by atoms with van der Waals surface area (Å²) in [5.74, 6) is 2.29. The lowest BCUT2D eigenvalue weighted by Crippen LogP contribution is -2.41. The van der Waals surface area contributed by atoms with Crippen LogP contribution >= 0.6 is 0 Å². The van der Waals surface area contributed by atoms with Gasteiger partial charge in [0.1, 0.15) is 5.82 Å². The largest absolute Gasteiger partial charge is 0.356 e. The Morgan fingerprint density at radius 1 is 1.19 bits per heavy atom. The number of hydrogen-bond acceptors (Lipinski definition) is 7. The molecule has 31 heavy (non-hydrogen) atoms. The zero-order valence-corrected chi connectivity index (χ0v) is 17.6. The fraction of sp³-hybridized carbons (Fsp3) is 0.500. The van der Waals surface area contributed by atoms with Crippen molar-refractivity contribution >= 4 is 34.4 Å². The molecule has 2 saturated heterocycles. The third-order valence-corrected chi connectivity index (χ3v) is 7.20. The second kappa shape index (κ2) is 6.90. The van der Waals surface area contributed by atoms with Crippen molar-refractivity contribution in [2.45, 2.75) is 38.5 Å². The van der Waals surface area contributed by atoms with Gasteiger partial charge in [0, 0.05) is 44.7 Å². The maximum atomic E-state index is 11.7. The Kier molecular flexibility index (Phi) is 4.12. The van der Waals surface area contributed by atoms with Gasteiger partial charge in [-0.2, -0.15) is 5.10 Å². The molecule has 1 atom stereocenters. The van der Waals surface area contributed by atoms with Crippen LogP contribution in [0.15, 0.2) is 24.5 Å². The van der Waals surface area contributed by atoms with Crippen molar-refractivity contribution in [3.63, 3.8) is 0 Å². The number of aromatic nitrogens is 5.